The molecule has 1 aliphatic carbocycles. The molecule has 1 fully saturated rings. The summed E-state index contributed by atoms with van der Waals surface area (Å²) in [4.78, 5) is 23.1. The molecular formula is C22H32O5. The molecule has 0 aliphatic heterocycles. The molecule has 0 saturated heterocycles. The predicted octanol–water partition coefficient (Wildman–Crippen LogP) is 2.95. The number of allylic oxidation sites excluding steroid dienone is 1. The van der Waals surface area contributed by atoms with E-state index in [9.17, 15) is 19.8 Å². The van der Waals surface area contributed by atoms with E-state index in [-0.39, 0.29) is 36.4 Å². The first-order chi connectivity index (χ1) is 12.8. The van der Waals surface area contributed by atoms with Gasteiger partial charge in [0, 0.05) is 24.7 Å². The second kappa shape index (κ2) is 11.7. The van der Waals surface area contributed by atoms with E-state index in [0.29, 0.717) is 12.8 Å². The molecule has 0 bridgehead atoms. The lowest BCUT2D eigenvalue weighted by Crippen LogP contribution is -2.23. The number of unbranched alkanes of at least 4 members (excludes halogenated alkanes) is 1. The SMILES string of the molecule is CCCCC(C)(O)C/C=C/[C@H]1[C@H](O)CC(=O)[C@@H]1CC#C/C=C/CC(=O)OC. The molecule has 1 rings (SSSR count). The van der Waals surface area contributed by atoms with Crippen LogP contribution in [0, 0.1) is 23.7 Å². The summed E-state index contributed by atoms with van der Waals surface area (Å²) in [5.41, 5.74) is -0.764. The van der Waals surface area contributed by atoms with Crippen molar-refractivity contribution in [1.29, 1.82) is 0 Å². The van der Waals surface area contributed by atoms with Crippen molar-refractivity contribution in [3.8, 4) is 11.8 Å². The molecule has 5 heteroatoms. The van der Waals surface area contributed by atoms with Crippen molar-refractivity contribution in [3.63, 3.8) is 0 Å². The average Bonchev–Trinajstić information content (AvgIpc) is 2.89. The molecule has 5 nitrogen and oxygen atoms in total. The second-order valence-electron chi connectivity index (χ2n) is 7.36. The van der Waals surface area contributed by atoms with Gasteiger partial charge in [-0.05, 0) is 25.8 Å². The minimum absolute atomic E-state index is 0.0164. The van der Waals surface area contributed by atoms with Crippen molar-refractivity contribution in [2.45, 2.75) is 70.5 Å². The Morgan fingerprint density at radius 2 is 2.15 bits per heavy atom. The molecule has 2 N–H and O–H groups in total. The van der Waals surface area contributed by atoms with Crippen molar-refractivity contribution >= 4 is 11.8 Å². The molecule has 150 valence electrons. The van der Waals surface area contributed by atoms with Crippen LogP contribution in [0.5, 0.6) is 0 Å². The smallest absolute Gasteiger partial charge is 0.309 e. The zero-order chi connectivity index (χ0) is 20.3. The highest BCUT2D eigenvalue weighted by Gasteiger charge is 2.39. The highest BCUT2D eigenvalue weighted by molar-refractivity contribution is 5.85. The Morgan fingerprint density at radius 3 is 2.81 bits per heavy atom. The van der Waals surface area contributed by atoms with Gasteiger partial charge in [-0.2, -0.15) is 0 Å². The number of hydrogen-bond donors (Lipinski definition) is 2. The van der Waals surface area contributed by atoms with Crippen molar-refractivity contribution in [3.05, 3.63) is 24.3 Å². The third kappa shape index (κ3) is 8.55. The lowest BCUT2D eigenvalue weighted by Gasteiger charge is -2.22. The lowest BCUT2D eigenvalue weighted by molar-refractivity contribution is -0.139. The Labute approximate surface area is 162 Å². The van der Waals surface area contributed by atoms with E-state index in [1.807, 2.05) is 19.1 Å². The number of ketones is 1. The summed E-state index contributed by atoms with van der Waals surface area (Å²) >= 11 is 0. The largest absolute Gasteiger partial charge is 0.469 e. The van der Waals surface area contributed by atoms with E-state index in [4.69, 9.17) is 0 Å². The number of rotatable bonds is 9. The minimum Gasteiger partial charge on any atom is -0.469 e. The van der Waals surface area contributed by atoms with Gasteiger partial charge in [0.15, 0.2) is 0 Å². The molecule has 0 spiro atoms. The molecule has 0 aromatic carbocycles. The molecule has 1 saturated carbocycles. The third-order valence-electron chi connectivity index (χ3n) is 4.86. The van der Waals surface area contributed by atoms with Gasteiger partial charge in [0.25, 0.3) is 0 Å². The highest BCUT2D eigenvalue weighted by atomic mass is 16.5. The van der Waals surface area contributed by atoms with Crippen molar-refractivity contribution in [2.24, 2.45) is 11.8 Å². The van der Waals surface area contributed by atoms with E-state index < -0.39 is 11.7 Å². The van der Waals surface area contributed by atoms with E-state index in [1.54, 1.807) is 12.2 Å². The van der Waals surface area contributed by atoms with E-state index in [1.165, 1.54) is 7.11 Å². The van der Waals surface area contributed by atoms with Crippen LogP contribution in [-0.4, -0.2) is 40.8 Å². The summed E-state index contributed by atoms with van der Waals surface area (Å²) in [5.74, 6) is 4.83. The Hall–Kier alpha value is -1.90. The first-order valence-corrected chi connectivity index (χ1v) is 9.60. The number of esters is 1. The zero-order valence-electron chi connectivity index (χ0n) is 16.6. The normalized spacial score (nSPS) is 24.8. The summed E-state index contributed by atoms with van der Waals surface area (Å²) in [7, 11) is 1.33. The van der Waals surface area contributed by atoms with Crippen LogP contribution in [0.4, 0.5) is 0 Å². The zero-order valence-corrected chi connectivity index (χ0v) is 16.6. The number of carbonyl (C=O) groups excluding carboxylic acids is 2. The molecule has 4 atom stereocenters. The summed E-state index contributed by atoms with van der Waals surface area (Å²) in [5, 5.41) is 20.5. The van der Waals surface area contributed by atoms with Crippen molar-refractivity contribution < 1.29 is 24.5 Å². The maximum absolute atomic E-state index is 12.2. The first-order valence-electron chi connectivity index (χ1n) is 9.60. The van der Waals surface area contributed by atoms with Gasteiger partial charge in [-0.3, -0.25) is 9.59 Å². The number of aliphatic hydroxyl groups is 2. The van der Waals surface area contributed by atoms with Crippen LogP contribution in [0.25, 0.3) is 0 Å². The molecule has 0 radical (unpaired) electrons. The standard InChI is InChI=1S/C22H32O5/c1-4-5-14-22(2,26)15-10-12-18-17(19(23)16-20(18)24)11-8-6-7-9-13-21(25)27-3/h7,9-10,12,17-18,20,24,26H,4-5,11,13-16H2,1-3H3/b9-7+,12-10+/t17-,18-,20-,22?/m1/s1. The van der Waals surface area contributed by atoms with Gasteiger partial charge in [0.2, 0.25) is 0 Å². The fourth-order valence-electron chi connectivity index (χ4n) is 3.15. The van der Waals surface area contributed by atoms with Gasteiger partial charge in [-0.25, -0.2) is 0 Å². The maximum Gasteiger partial charge on any atom is 0.309 e. The van der Waals surface area contributed by atoms with Crippen LogP contribution in [0.15, 0.2) is 24.3 Å². The van der Waals surface area contributed by atoms with Gasteiger partial charge in [0.1, 0.15) is 5.78 Å². The fourth-order valence-corrected chi connectivity index (χ4v) is 3.15. The Balaban J connectivity index is 2.61. The Kier molecular flexibility index (Phi) is 10.1. The summed E-state index contributed by atoms with van der Waals surface area (Å²) in [6.45, 7) is 3.90. The van der Waals surface area contributed by atoms with Crippen molar-refractivity contribution in [2.75, 3.05) is 7.11 Å². The Bertz CT molecular complexity index is 606. The van der Waals surface area contributed by atoms with E-state index >= 15 is 0 Å². The first kappa shape index (κ1) is 23.1. The third-order valence-corrected chi connectivity index (χ3v) is 4.86. The Morgan fingerprint density at radius 1 is 1.41 bits per heavy atom. The number of aliphatic hydroxyl groups excluding tert-OH is 1. The molecule has 0 heterocycles. The number of ether oxygens (including phenoxy) is 1. The highest BCUT2D eigenvalue weighted by Crippen LogP contribution is 2.33. The molecule has 0 aromatic rings. The van der Waals surface area contributed by atoms with E-state index in [0.717, 1.165) is 19.3 Å². The number of Topliss-reactive ketones (excluding diaryl/α,β-unsaturated/α-hetero) is 1. The van der Waals surface area contributed by atoms with Gasteiger partial charge in [-0.1, -0.05) is 49.8 Å². The quantitative estimate of drug-likeness (QED) is 0.367. The van der Waals surface area contributed by atoms with Gasteiger partial charge < -0.3 is 14.9 Å². The summed E-state index contributed by atoms with van der Waals surface area (Å²) in [6.07, 6.45) is 10.1. The van der Waals surface area contributed by atoms with Crippen LogP contribution < -0.4 is 0 Å². The fraction of sp³-hybridized carbons (Fsp3) is 0.636. The maximum atomic E-state index is 12.2. The molecule has 1 unspecified atom stereocenters. The van der Waals surface area contributed by atoms with Crippen LogP contribution >= 0.6 is 0 Å². The monoisotopic (exact) mass is 376 g/mol. The van der Waals surface area contributed by atoms with Crippen LogP contribution in [0.1, 0.15) is 58.8 Å². The number of hydrogen-bond acceptors (Lipinski definition) is 5. The molecule has 0 aromatic heterocycles. The van der Waals surface area contributed by atoms with Gasteiger partial charge in [0.05, 0.1) is 25.2 Å². The number of methoxy groups -OCH3 is 1. The van der Waals surface area contributed by atoms with Gasteiger partial charge in [-0.15, -0.1) is 0 Å². The van der Waals surface area contributed by atoms with Gasteiger partial charge >= 0.3 is 5.97 Å². The van der Waals surface area contributed by atoms with Crippen molar-refractivity contribution in [1.82, 2.24) is 0 Å². The van der Waals surface area contributed by atoms with Crippen LogP contribution in [-0.2, 0) is 14.3 Å². The average molecular weight is 376 g/mol. The summed E-state index contributed by atoms with van der Waals surface area (Å²) < 4.78 is 4.52. The number of carbonyl (C=O) groups is 2. The second-order valence-corrected chi connectivity index (χ2v) is 7.36. The molecule has 1 aliphatic rings. The van der Waals surface area contributed by atoms with Crippen LogP contribution in [0.2, 0.25) is 0 Å². The molecule has 0 amide bonds. The van der Waals surface area contributed by atoms with E-state index in [2.05, 4.69) is 23.5 Å². The van der Waals surface area contributed by atoms with Crippen LogP contribution in [0.3, 0.4) is 0 Å². The lowest BCUT2D eigenvalue weighted by atomic mass is 9.89. The molecular weight excluding hydrogens is 344 g/mol. The summed E-state index contributed by atoms with van der Waals surface area (Å²) in [6, 6.07) is 0. The predicted molar refractivity (Wildman–Crippen MR) is 105 cm³/mol. The minimum atomic E-state index is -0.764. The topological polar surface area (TPSA) is 83.8 Å². The molecule has 27 heavy (non-hydrogen) atoms.